The highest BCUT2D eigenvalue weighted by atomic mass is 16.6. The molecule has 3 heterocycles. The normalized spacial score (nSPS) is 13.8. The van der Waals surface area contributed by atoms with Gasteiger partial charge in [-0.2, -0.15) is 0 Å². The van der Waals surface area contributed by atoms with Gasteiger partial charge in [0.1, 0.15) is 11.4 Å². The molecule has 0 aliphatic carbocycles. The third-order valence-corrected chi connectivity index (χ3v) is 6.52. The quantitative estimate of drug-likeness (QED) is 0.293. The first kappa shape index (κ1) is 26.2. The van der Waals surface area contributed by atoms with Crippen molar-refractivity contribution in [2.45, 2.75) is 32.5 Å². The van der Waals surface area contributed by atoms with Crippen LogP contribution < -0.4 is 9.64 Å². The summed E-state index contributed by atoms with van der Waals surface area (Å²) in [5, 5.41) is 0. The molecule has 0 atom stereocenters. The summed E-state index contributed by atoms with van der Waals surface area (Å²) in [7, 11) is 0. The number of hydrogen-bond acceptors (Lipinski definition) is 6. The van der Waals surface area contributed by atoms with Crippen molar-refractivity contribution in [1.29, 1.82) is 0 Å². The van der Waals surface area contributed by atoms with Gasteiger partial charge in [-0.05, 0) is 56.2 Å². The number of amides is 1. The van der Waals surface area contributed by atoms with E-state index in [1.54, 1.807) is 11.1 Å². The molecule has 0 unspecified atom stereocenters. The van der Waals surface area contributed by atoms with E-state index in [0.717, 1.165) is 28.1 Å². The summed E-state index contributed by atoms with van der Waals surface area (Å²) in [5.74, 6) is 1.43. The Morgan fingerprint density at radius 1 is 0.795 bits per heavy atom. The third kappa shape index (κ3) is 6.55. The molecule has 0 spiro atoms. The molecule has 1 aliphatic heterocycles. The first-order valence-corrected chi connectivity index (χ1v) is 13.3. The van der Waals surface area contributed by atoms with Crippen LogP contribution in [0.5, 0.6) is 5.88 Å². The summed E-state index contributed by atoms with van der Waals surface area (Å²) in [6.45, 7) is 8.24. The van der Waals surface area contributed by atoms with Gasteiger partial charge in [-0.15, -0.1) is 0 Å². The predicted molar refractivity (Wildman–Crippen MR) is 153 cm³/mol. The van der Waals surface area contributed by atoms with Crippen molar-refractivity contribution in [1.82, 2.24) is 14.9 Å². The van der Waals surface area contributed by atoms with Gasteiger partial charge in [0.2, 0.25) is 5.88 Å². The summed E-state index contributed by atoms with van der Waals surface area (Å²) < 4.78 is 12.1. The largest absolute Gasteiger partial charge is 0.464 e. The van der Waals surface area contributed by atoms with Gasteiger partial charge in [0.05, 0.1) is 0 Å². The Balaban J connectivity index is 1.32. The van der Waals surface area contributed by atoms with E-state index < -0.39 is 5.60 Å². The van der Waals surface area contributed by atoms with Crippen LogP contribution in [0.15, 0.2) is 97.3 Å². The van der Waals surface area contributed by atoms with Gasteiger partial charge in [-0.25, -0.2) is 14.8 Å². The number of benzene rings is 2. The van der Waals surface area contributed by atoms with Crippen molar-refractivity contribution in [3.8, 4) is 17.0 Å². The first-order valence-electron chi connectivity index (χ1n) is 13.3. The highest BCUT2D eigenvalue weighted by molar-refractivity contribution is 5.70. The number of pyridine rings is 2. The fraction of sp³-hybridized carbons (Fsp3) is 0.281. The predicted octanol–water partition coefficient (Wildman–Crippen LogP) is 6.37. The maximum Gasteiger partial charge on any atom is 0.410 e. The molecule has 2 aromatic heterocycles. The Bertz CT molecular complexity index is 1320. The first-order chi connectivity index (χ1) is 18.9. The number of ether oxygens (including phenoxy) is 2. The highest BCUT2D eigenvalue weighted by Crippen LogP contribution is 2.34. The third-order valence-electron chi connectivity index (χ3n) is 6.52. The van der Waals surface area contributed by atoms with Crippen LogP contribution in [0.25, 0.3) is 11.1 Å². The van der Waals surface area contributed by atoms with Crippen LogP contribution in [0, 0.1) is 0 Å². The maximum absolute atomic E-state index is 12.4. The SMILES string of the molecule is CC(C)(C)OC(=O)N1CCN(c2ccc(-c3cccnc3OC(c3ccccc3)c3ccccc3)cn2)CC1. The molecule has 0 bridgehead atoms. The molecule has 5 rings (SSSR count). The van der Waals surface area contributed by atoms with Crippen molar-refractivity contribution in [3.05, 3.63) is 108 Å². The molecule has 0 radical (unpaired) electrons. The van der Waals surface area contributed by atoms with E-state index >= 15 is 0 Å². The van der Waals surface area contributed by atoms with E-state index in [2.05, 4.69) is 34.1 Å². The summed E-state index contributed by atoms with van der Waals surface area (Å²) in [4.78, 5) is 25.7. The van der Waals surface area contributed by atoms with Crippen molar-refractivity contribution in [2.24, 2.45) is 0 Å². The summed E-state index contributed by atoms with van der Waals surface area (Å²) in [6, 6.07) is 28.3. The van der Waals surface area contributed by atoms with E-state index in [9.17, 15) is 4.79 Å². The standard InChI is InChI=1S/C32H34N4O3/c1-32(2,3)39-31(37)36-21-19-35(20-22-36)28-17-16-26(23-34-28)27-15-10-18-33-30(27)38-29(24-11-6-4-7-12-24)25-13-8-5-9-14-25/h4-18,23,29H,19-22H2,1-3H3. The average molecular weight is 523 g/mol. The van der Waals surface area contributed by atoms with Crippen molar-refractivity contribution >= 4 is 11.9 Å². The second-order valence-electron chi connectivity index (χ2n) is 10.5. The minimum Gasteiger partial charge on any atom is -0.464 e. The van der Waals surface area contributed by atoms with Crippen LogP contribution in [0.4, 0.5) is 10.6 Å². The lowest BCUT2D eigenvalue weighted by atomic mass is 10.0. The van der Waals surface area contributed by atoms with Crippen LogP contribution in [0.1, 0.15) is 38.0 Å². The van der Waals surface area contributed by atoms with Crippen LogP contribution in [0.2, 0.25) is 0 Å². The molecule has 1 amide bonds. The summed E-state index contributed by atoms with van der Waals surface area (Å²) >= 11 is 0. The van der Waals surface area contributed by atoms with Gasteiger partial charge in [0.25, 0.3) is 0 Å². The number of anilines is 1. The van der Waals surface area contributed by atoms with Crippen LogP contribution >= 0.6 is 0 Å². The lowest BCUT2D eigenvalue weighted by Gasteiger charge is -2.36. The molecule has 39 heavy (non-hydrogen) atoms. The van der Waals surface area contributed by atoms with E-state index in [4.69, 9.17) is 14.5 Å². The lowest BCUT2D eigenvalue weighted by molar-refractivity contribution is 0.0240. The molecule has 0 N–H and O–H groups in total. The molecular formula is C32H34N4O3. The van der Waals surface area contributed by atoms with Gasteiger partial charge < -0.3 is 19.3 Å². The molecule has 7 heteroatoms. The number of aromatic nitrogens is 2. The van der Waals surface area contributed by atoms with E-state index in [1.165, 1.54) is 0 Å². The molecule has 7 nitrogen and oxygen atoms in total. The Hall–Kier alpha value is -4.39. The minimum absolute atomic E-state index is 0.265. The number of hydrogen-bond donors (Lipinski definition) is 0. The lowest BCUT2D eigenvalue weighted by Crippen LogP contribution is -2.50. The summed E-state index contributed by atoms with van der Waals surface area (Å²) in [5.41, 5.74) is 3.42. The minimum atomic E-state index is -0.497. The second-order valence-corrected chi connectivity index (χ2v) is 10.5. The van der Waals surface area contributed by atoms with Crippen LogP contribution in [-0.2, 0) is 4.74 Å². The Morgan fingerprint density at radius 2 is 1.44 bits per heavy atom. The van der Waals surface area contributed by atoms with E-state index in [-0.39, 0.29) is 12.2 Å². The average Bonchev–Trinajstić information content (AvgIpc) is 2.96. The van der Waals surface area contributed by atoms with Crippen LogP contribution in [-0.4, -0.2) is 52.7 Å². The zero-order chi connectivity index (χ0) is 27.2. The molecule has 1 saturated heterocycles. The summed E-state index contributed by atoms with van der Waals surface area (Å²) in [6.07, 6.45) is 3.05. The van der Waals surface area contributed by atoms with Crippen molar-refractivity contribution in [3.63, 3.8) is 0 Å². The molecule has 200 valence electrons. The number of carbonyl (C=O) groups excluding carboxylic acids is 1. The Labute approximate surface area is 230 Å². The monoisotopic (exact) mass is 522 g/mol. The van der Waals surface area contributed by atoms with Gasteiger partial charge >= 0.3 is 6.09 Å². The topological polar surface area (TPSA) is 67.8 Å². The van der Waals surface area contributed by atoms with Crippen molar-refractivity contribution < 1.29 is 14.3 Å². The smallest absolute Gasteiger partial charge is 0.410 e. The molecule has 1 fully saturated rings. The zero-order valence-corrected chi connectivity index (χ0v) is 22.7. The Kier molecular flexibility index (Phi) is 7.77. The fourth-order valence-corrected chi connectivity index (χ4v) is 4.58. The van der Waals surface area contributed by atoms with Crippen molar-refractivity contribution in [2.75, 3.05) is 31.1 Å². The van der Waals surface area contributed by atoms with Crippen LogP contribution in [0.3, 0.4) is 0 Å². The molecule has 4 aromatic rings. The van der Waals surface area contributed by atoms with Gasteiger partial charge in [-0.1, -0.05) is 60.7 Å². The van der Waals surface area contributed by atoms with Gasteiger partial charge in [0, 0.05) is 49.7 Å². The van der Waals surface area contributed by atoms with Gasteiger partial charge in [-0.3, -0.25) is 0 Å². The number of carbonyl (C=O) groups is 1. The van der Waals surface area contributed by atoms with E-state index in [0.29, 0.717) is 32.1 Å². The second kappa shape index (κ2) is 11.6. The van der Waals surface area contributed by atoms with Gasteiger partial charge in [0.15, 0.2) is 6.10 Å². The number of nitrogens with zero attached hydrogens (tertiary/aromatic N) is 4. The molecular weight excluding hydrogens is 488 g/mol. The Morgan fingerprint density at radius 3 is 2.00 bits per heavy atom. The molecule has 1 aliphatic rings. The molecule has 2 aromatic carbocycles. The van der Waals surface area contributed by atoms with E-state index in [1.807, 2.05) is 87.6 Å². The number of piperazine rings is 1. The zero-order valence-electron chi connectivity index (χ0n) is 22.7. The maximum atomic E-state index is 12.4. The fourth-order valence-electron chi connectivity index (χ4n) is 4.58. The molecule has 0 saturated carbocycles. The highest BCUT2D eigenvalue weighted by Gasteiger charge is 2.26. The number of rotatable bonds is 6.